The Bertz CT molecular complexity index is 414. The van der Waals surface area contributed by atoms with E-state index >= 15 is 0 Å². The van der Waals surface area contributed by atoms with Gasteiger partial charge in [0.1, 0.15) is 5.75 Å². The van der Waals surface area contributed by atoms with E-state index in [9.17, 15) is 4.79 Å². The Morgan fingerprint density at radius 2 is 2.25 bits per heavy atom. The van der Waals surface area contributed by atoms with Crippen LogP contribution in [0.3, 0.4) is 0 Å². The average Bonchev–Trinajstić information content (AvgIpc) is 3.01. The average molecular weight is 221 g/mol. The second kappa shape index (κ2) is 4.00. The van der Waals surface area contributed by atoms with Crippen LogP contribution in [0.4, 0.5) is 5.69 Å². The van der Waals surface area contributed by atoms with Gasteiger partial charge in [0.05, 0.1) is 18.0 Å². The van der Waals surface area contributed by atoms with Gasteiger partial charge >= 0.3 is 0 Å². The maximum Gasteiger partial charge on any atom is 0.274 e. The van der Waals surface area contributed by atoms with Crippen LogP contribution in [-0.4, -0.2) is 36.0 Å². The largest absolute Gasteiger partial charge is 0.489 e. The number of carbonyl (C=O) groups is 1. The first-order chi connectivity index (χ1) is 7.58. The summed E-state index contributed by atoms with van der Waals surface area (Å²) in [7, 11) is 3.33. The number of ether oxygens (including phenoxy) is 1. The molecule has 1 aromatic heterocycles. The highest BCUT2D eigenvalue weighted by Gasteiger charge is 2.24. The predicted octanol–water partition coefficient (Wildman–Crippen LogP) is 0.907. The van der Waals surface area contributed by atoms with Crippen molar-refractivity contribution in [3.05, 3.63) is 18.0 Å². The van der Waals surface area contributed by atoms with Gasteiger partial charge in [-0.3, -0.25) is 4.79 Å². The number of nitrogens with zero attached hydrogens (tertiary/aromatic N) is 2. The molecule has 1 fully saturated rings. The number of rotatable bonds is 3. The van der Waals surface area contributed by atoms with E-state index in [1.165, 1.54) is 4.90 Å². The van der Waals surface area contributed by atoms with Crippen molar-refractivity contribution in [3.8, 4) is 5.75 Å². The first-order valence-electron chi connectivity index (χ1n) is 5.21. The molecule has 0 aromatic carbocycles. The number of amides is 1. The minimum absolute atomic E-state index is 0.199. The summed E-state index contributed by atoms with van der Waals surface area (Å²) >= 11 is 0. The monoisotopic (exact) mass is 221 g/mol. The zero-order valence-corrected chi connectivity index (χ0v) is 9.43. The molecule has 0 saturated heterocycles. The lowest BCUT2D eigenvalue weighted by Gasteiger charge is -2.12. The molecule has 1 aliphatic carbocycles. The van der Waals surface area contributed by atoms with Crippen LogP contribution in [0, 0.1) is 0 Å². The third-order valence-corrected chi connectivity index (χ3v) is 2.33. The summed E-state index contributed by atoms with van der Waals surface area (Å²) in [4.78, 5) is 17.1. The van der Waals surface area contributed by atoms with E-state index < -0.39 is 0 Å². The smallest absolute Gasteiger partial charge is 0.274 e. The molecular weight excluding hydrogens is 206 g/mol. The van der Waals surface area contributed by atoms with Crippen molar-refractivity contribution in [1.29, 1.82) is 0 Å². The summed E-state index contributed by atoms with van der Waals surface area (Å²) in [6.07, 6.45) is 4.01. The van der Waals surface area contributed by atoms with Crippen LogP contribution < -0.4 is 10.5 Å². The molecule has 0 spiro atoms. The molecule has 0 radical (unpaired) electrons. The van der Waals surface area contributed by atoms with Crippen molar-refractivity contribution in [2.75, 3.05) is 19.8 Å². The number of pyridine rings is 1. The summed E-state index contributed by atoms with van der Waals surface area (Å²) in [5.41, 5.74) is 6.40. The highest BCUT2D eigenvalue weighted by molar-refractivity contribution is 5.96. The van der Waals surface area contributed by atoms with E-state index in [1.807, 2.05) is 0 Å². The molecule has 5 heteroatoms. The fourth-order valence-electron chi connectivity index (χ4n) is 1.29. The third-order valence-electron chi connectivity index (χ3n) is 2.33. The van der Waals surface area contributed by atoms with Gasteiger partial charge in [0.2, 0.25) is 0 Å². The lowest BCUT2D eigenvalue weighted by molar-refractivity contribution is 0.0823. The predicted molar refractivity (Wildman–Crippen MR) is 60.3 cm³/mol. The molecule has 86 valence electrons. The van der Waals surface area contributed by atoms with Crippen molar-refractivity contribution < 1.29 is 9.53 Å². The van der Waals surface area contributed by atoms with Crippen molar-refractivity contribution in [1.82, 2.24) is 9.88 Å². The van der Waals surface area contributed by atoms with Gasteiger partial charge in [-0.05, 0) is 12.8 Å². The zero-order chi connectivity index (χ0) is 11.7. The molecule has 1 saturated carbocycles. The highest BCUT2D eigenvalue weighted by Crippen LogP contribution is 2.27. The number of anilines is 1. The number of carbonyl (C=O) groups excluding carboxylic acids is 1. The number of nitrogens with two attached hydrogens (primary N) is 1. The quantitative estimate of drug-likeness (QED) is 0.823. The molecule has 1 aliphatic rings. The SMILES string of the molecule is CN(C)C(=O)c1ncc(OC2CC2)cc1N. The number of hydrogen-bond donors (Lipinski definition) is 1. The van der Waals surface area contributed by atoms with Crippen molar-refractivity contribution in [3.63, 3.8) is 0 Å². The molecule has 1 amide bonds. The minimum Gasteiger partial charge on any atom is -0.489 e. The van der Waals surface area contributed by atoms with Gasteiger partial charge in [0, 0.05) is 20.2 Å². The Kier molecular flexibility index (Phi) is 2.68. The summed E-state index contributed by atoms with van der Waals surface area (Å²) in [6, 6.07) is 1.65. The maximum absolute atomic E-state index is 11.7. The van der Waals surface area contributed by atoms with Crippen molar-refractivity contribution in [2.45, 2.75) is 18.9 Å². The normalized spacial score (nSPS) is 14.6. The molecule has 0 atom stereocenters. The van der Waals surface area contributed by atoms with Gasteiger partial charge in [-0.25, -0.2) is 4.98 Å². The van der Waals surface area contributed by atoms with Gasteiger partial charge in [-0.1, -0.05) is 0 Å². The molecular formula is C11H15N3O2. The minimum atomic E-state index is -0.199. The van der Waals surface area contributed by atoms with Crippen LogP contribution >= 0.6 is 0 Å². The highest BCUT2D eigenvalue weighted by atomic mass is 16.5. The van der Waals surface area contributed by atoms with E-state index in [1.54, 1.807) is 26.4 Å². The molecule has 2 N–H and O–H groups in total. The molecule has 2 rings (SSSR count). The lowest BCUT2D eigenvalue weighted by Crippen LogP contribution is -2.24. The van der Waals surface area contributed by atoms with Gasteiger partial charge in [-0.2, -0.15) is 0 Å². The Hall–Kier alpha value is -1.78. The van der Waals surface area contributed by atoms with Crippen LogP contribution in [0.2, 0.25) is 0 Å². The maximum atomic E-state index is 11.7. The second-order valence-electron chi connectivity index (χ2n) is 4.13. The Labute approximate surface area is 94.2 Å². The number of nitrogen functional groups attached to an aromatic ring is 1. The third kappa shape index (κ3) is 2.24. The standard InChI is InChI=1S/C11H15N3O2/c1-14(2)11(15)10-9(12)5-8(6-13-10)16-7-3-4-7/h5-7H,3-4,12H2,1-2H3. The van der Waals surface area contributed by atoms with Crippen LogP contribution in [0.5, 0.6) is 5.75 Å². The van der Waals surface area contributed by atoms with Crippen molar-refractivity contribution in [2.24, 2.45) is 0 Å². The topological polar surface area (TPSA) is 68.5 Å². The second-order valence-corrected chi connectivity index (χ2v) is 4.13. The van der Waals surface area contributed by atoms with Gasteiger partial charge in [0.15, 0.2) is 5.69 Å². The van der Waals surface area contributed by atoms with E-state index in [0.717, 1.165) is 12.8 Å². The molecule has 0 aliphatic heterocycles. The fourth-order valence-corrected chi connectivity index (χ4v) is 1.29. The van der Waals surface area contributed by atoms with Crippen LogP contribution in [0.25, 0.3) is 0 Å². The zero-order valence-electron chi connectivity index (χ0n) is 9.43. The van der Waals surface area contributed by atoms with Gasteiger partial charge < -0.3 is 15.4 Å². The van der Waals surface area contributed by atoms with Crippen LogP contribution in [0.15, 0.2) is 12.3 Å². The summed E-state index contributed by atoms with van der Waals surface area (Å²) in [6.45, 7) is 0. The van der Waals surface area contributed by atoms with Crippen molar-refractivity contribution >= 4 is 11.6 Å². The summed E-state index contributed by atoms with van der Waals surface area (Å²) in [5, 5.41) is 0. The molecule has 1 aromatic rings. The van der Waals surface area contributed by atoms with Crippen LogP contribution in [-0.2, 0) is 0 Å². The Morgan fingerprint density at radius 3 is 2.75 bits per heavy atom. The number of hydrogen-bond acceptors (Lipinski definition) is 4. The molecule has 0 unspecified atom stereocenters. The van der Waals surface area contributed by atoms with E-state index in [2.05, 4.69) is 4.98 Å². The summed E-state index contributed by atoms with van der Waals surface area (Å²) in [5.74, 6) is 0.436. The molecule has 1 heterocycles. The fraction of sp³-hybridized carbons (Fsp3) is 0.455. The first-order valence-corrected chi connectivity index (χ1v) is 5.21. The van der Waals surface area contributed by atoms with Crippen LogP contribution in [0.1, 0.15) is 23.3 Å². The Morgan fingerprint density at radius 1 is 1.56 bits per heavy atom. The molecule has 16 heavy (non-hydrogen) atoms. The summed E-state index contributed by atoms with van der Waals surface area (Å²) < 4.78 is 5.53. The molecule has 0 bridgehead atoms. The first kappa shape index (κ1) is 10.7. The van der Waals surface area contributed by atoms with E-state index in [-0.39, 0.29) is 11.6 Å². The Balaban J connectivity index is 2.18. The molecule has 5 nitrogen and oxygen atoms in total. The van der Waals surface area contributed by atoms with Gasteiger partial charge in [0.25, 0.3) is 5.91 Å². The van der Waals surface area contributed by atoms with E-state index in [4.69, 9.17) is 10.5 Å². The lowest BCUT2D eigenvalue weighted by atomic mass is 10.2. The number of aromatic nitrogens is 1. The van der Waals surface area contributed by atoms with Gasteiger partial charge in [-0.15, -0.1) is 0 Å². The van der Waals surface area contributed by atoms with E-state index in [0.29, 0.717) is 17.5 Å².